The van der Waals surface area contributed by atoms with E-state index in [1.165, 1.54) is 0 Å². The van der Waals surface area contributed by atoms with Gasteiger partial charge >= 0.3 is 0 Å². The summed E-state index contributed by atoms with van der Waals surface area (Å²) in [5, 5.41) is 7.17. The fourth-order valence-corrected chi connectivity index (χ4v) is 5.87. The molecule has 0 saturated carbocycles. The van der Waals surface area contributed by atoms with Crippen LogP contribution in [-0.2, 0) is 4.79 Å². The molecule has 2 aromatic heterocycles. The number of aryl methyl sites for hydroxylation is 2. The lowest BCUT2D eigenvalue weighted by Gasteiger charge is -2.28. The number of carbonyl (C=O) groups is 1. The molecule has 2 aromatic carbocycles. The van der Waals surface area contributed by atoms with E-state index < -0.39 is 0 Å². The van der Waals surface area contributed by atoms with Gasteiger partial charge in [-0.15, -0.1) is 0 Å². The van der Waals surface area contributed by atoms with Crippen molar-refractivity contribution in [3.8, 4) is 5.69 Å². The van der Waals surface area contributed by atoms with E-state index in [-0.39, 0.29) is 18.0 Å². The molecule has 7 nitrogen and oxygen atoms in total. The number of pyridine rings is 1. The molecular weight excluding hydrogens is 516 g/mol. The predicted octanol–water partition coefficient (Wildman–Crippen LogP) is 5.86. The van der Waals surface area contributed by atoms with Crippen molar-refractivity contribution in [2.24, 2.45) is 0 Å². The molecule has 40 heavy (non-hydrogen) atoms. The molecule has 1 saturated heterocycles. The van der Waals surface area contributed by atoms with Crippen molar-refractivity contribution >= 4 is 34.6 Å². The Morgan fingerprint density at radius 2 is 1.80 bits per heavy atom. The number of aromatic nitrogens is 2. The van der Waals surface area contributed by atoms with Crippen LogP contribution in [0.25, 0.3) is 5.69 Å². The molecule has 5 rings (SSSR count). The second-order valence-corrected chi connectivity index (χ2v) is 10.9. The Bertz CT molecular complexity index is 1510. The maximum atomic E-state index is 12.9. The van der Waals surface area contributed by atoms with Crippen LogP contribution in [0.1, 0.15) is 46.7 Å². The number of amides is 1. The van der Waals surface area contributed by atoms with E-state index in [1.807, 2.05) is 69.7 Å². The highest BCUT2D eigenvalue weighted by Crippen LogP contribution is 2.41. The van der Waals surface area contributed by atoms with Crippen LogP contribution in [0.15, 0.2) is 79.0 Å². The third-order valence-corrected chi connectivity index (χ3v) is 7.84. The molecule has 0 spiro atoms. The Kier molecular flexibility index (Phi) is 7.89. The second-order valence-electron chi connectivity index (χ2n) is 10.6. The minimum Gasteiger partial charge on any atom is -0.378 e. The first-order valence-corrected chi connectivity index (χ1v) is 13.9. The monoisotopic (exact) mass is 552 g/mol. The van der Waals surface area contributed by atoms with Gasteiger partial charge in [-0.2, -0.15) is 0 Å². The molecule has 206 valence electrons. The quantitative estimate of drug-likeness (QED) is 0.267. The van der Waals surface area contributed by atoms with Gasteiger partial charge in [0, 0.05) is 61.7 Å². The predicted molar refractivity (Wildman–Crippen MR) is 166 cm³/mol. The molecule has 0 aliphatic carbocycles. The lowest BCUT2D eigenvalue weighted by molar-refractivity contribution is -0.116. The fourth-order valence-electron chi connectivity index (χ4n) is 5.54. The Morgan fingerprint density at radius 1 is 1.02 bits per heavy atom. The van der Waals surface area contributed by atoms with Crippen molar-refractivity contribution < 1.29 is 4.79 Å². The Balaban J connectivity index is 1.46. The lowest BCUT2D eigenvalue weighted by atomic mass is 9.96. The molecule has 0 unspecified atom stereocenters. The zero-order valence-electron chi connectivity index (χ0n) is 23.7. The van der Waals surface area contributed by atoms with Crippen LogP contribution in [0.5, 0.6) is 0 Å². The first-order valence-electron chi connectivity index (χ1n) is 13.5. The standard InChI is InChI=1S/C32H36N6OS/c1-21-9-8-10-24(19-21)34-29(39)16-18-37-31(30(35-32(37)40)28-11-6-7-17-33-28)27-20-22(2)38(23(27)3)26-14-12-25(13-15-26)36(4)5/h6-15,17,19-20,30-31H,16,18H2,1-5H3,(H,34,39)(H,35,40)/t30-,31+/m0/s1. The highest BCUT2D eigenvalue weighted by molar-refractivity contribution is 7.80. The summed E-state index contributed by atoms with van der Waals surface area (Å²) < 4.78 is 2.29. The molecule has 2 atom stereocenters. The molecule has 1 aliphatic rings. The van der Waals surface area contributed by atoms with Gasteiger partial charge in [0.05, 0.1) is 17.8 Å². The van der Waals surface area contributed by atoms with Crippen molar-refractivity contribution in [2.45, 2.75) is 39.3 Å². The van der Waals surface area contributed by atoms with E-state index >= 15 is 0 Å². The largest absolute Gasteiger partial charge is 0.378 e. The van der Waals surface area contributed by atoms with Gasteiger partial charge in [0.15, 0.2) is 5.11 Å². The Hall–Kier alpha value is -4.17. The molecular formula is C32H36N6OS. The van der Waals surface area contributed by atoms with Crippen LogP contribution in [-0.4, -0.2) is 46.1 Å². The van der Waals surface area contributed by atoms with Gasteiger partial charge in [0.1, 0.15) is 0 Å². The molecule has 1 aliphatic heterocycles. The summed E-state index contributed by atoms with van der Waals surface area (Å²) in [6, 6.07) is 24.3. The SMILES string of the molecule is Cc1cccc(NC(=O)CCN2C(=S)N[C@@H](c3ccccn3)[C@H]2c2cc(C)n(-c3ccc(N(C)C)cc3)c2C)c1. The summed E-state index contributed by atoms with van der Waals surface area (Å²) in [6.45, 7) is 6.78. The maximum absolute atomic E-state index is 12.9. The summed E-state index contributed by atoms with van der Waals surface area (Å²) in [5.74, 6) is -0.0418. The van der Waals surface area contributed by atoms with E-state index in [4.69, 9.17) is 12.2 Å². The van der Waals surface area contributed by atoms with Crippen LogP contribution in [0.3, 0.4) is 0 Å². The average Bonchev–Trinajstić information content (AvgIpc) is 3.42. The highest BCUT2D eigenvalue weighted by atomic mass is 32.1. The third-order valence-electron chi connectivity index (χ3n) is 7.49. The van der Waals surface area contributed by atoms with Crippen molar-refractivity contribution in [3.63, 3.8) is 0 Å². The maximum Gasteiger partial charge on any atom is 0.226 e. The Labute approximate surface area is 241 Å². The van der Waals surface area contributed by atoms with Gasteiger partial charge in [-0.1, -0.05) is 18.2 Å². The van der Waals surface area contributed by atoms with Crippen molar-refractivity contribution in [2.75, 3.05) is 30.9 Å². The van der Waals surface area contributed by atoms with E-state index in [0.717, 1.165) is 45.3 Å². The van der Waals surface area contributed by atoms with Gasteiger partial charge in [-0.25, -0.2) is 0 Å². The summed E-state index contributed by atoms with van der Waals surface area (Å²) in [5.41, 5.74) is 8.53. The normalized spacial score (nSPS) is 16.6. The van der Waals surface area contributed by atoms with E-state index in [2.05, 4.69) is 74.2 Å². The second kappa shape index (κ2) is 11.5. The number of nitrogens with one attached hydrogen (secondary N) is 2. The molecule has 4 aromatic rings. The number of hydrogen-bond acceptors (Lipinski definition) is 4. The number of anilines is 2. The summed E-state index contributed by atoms with van der Waals surface area (Å²) >= 11 is 5.85. The van der Waals surface area contributed by atoms with Gasteiger partial charge < -0.3 is 25.0 Å². The number of nitrogens with zero attached hydrogens (tertiary/aromatic N) is 4. The lowest BCUT2D eigenvalue weighted by Crippen LogP contribution is -2.32. The van der Waals surface area contributed by atoms with Gasteiger partial charge in [0.2, 0.25) is 5.91 Å². The smallest absolute Gasteiger partial charge is 0.226 e. The van der Waals surface area contributed by atoms with E-state index in [0.29, 0.717) is 18.1 Å². The van der Waals surface area contributed by atoms with Crippen molar-refractivity contribution in [1.29, 1.82) is 0 Å². The highest BCUT2D eigenvalue weighted by Gasteiger charge is 2.41. The number of thiocarbonyl (C=S) groups is 1. The van der Waals surface area contributed by atoms with Gasteiger partial charge in [-0.3, -0.25) is 9.78 Å². The molecule has 0 bridgehead atoms. The van der Waals surface area contributed by atoms with Crippen LogP contribution in [0.4, 0.5) is 11.4 Å². The minimum absolute atomic E-state index is 0.0418. The topological polar surface area (TPSA) is 65.4 Å². The van der Waals surface area contributed by atoms with Crippen LogP contribution >= 0.6 is 12.2 Å². The third kappa shape index (κ3) is 5.58. The van der Waals surface area contributed by atoms with Crippen molar-refractivity contribution in [1.82, 2.24) is 19.8 Å². The number of benzene rings is 2. The van der Waals surface area contributed by atoms with Crippen molar-refractivity contribution in [3.05, 3.63) is 107 Å². The Morgan fingerprint density at radius 3 is 2.48 bits per heavy atom. The number of hydrogen-bond donors (Lipinski definition) is 2. The van der Waals surface area contributed by atoms with E-state index in [1.54, 1.807) is 0 Å². The minimum atomic E-state index is -0.140. The number of carbonyl (C=O) groups excluding carboxylic acids is 1. The van der Waals surface area contributed by atoms with Gasteiger partial charge in [-0.05, 0) is 98.7 Å². The zero-order valence-corrected chi connectivity index (χ0v) is 24.5. The molecule has 2 N–H and O–H groups in total. The number of rotatable bonds is 8. The van der Waals surface area contributed by atoms with Crippen LogP contribution in [0, 0.1) is 20.8 Å². The van der Waals surface area contributed by atoms with Gasteiger partial charge in [0.25, 0.3) is 0 Å². The average molecular weight is 553 g/mol. The molecule has 3 heterocycles. The zero-order chi connectivity index (χ0) is 28.4. The summed E-state index contributed by atoms with van der Waals surface area (Å²) in [7, 11) is 4.09. The molecule has 8 heteroatoms. The summed E-state index contributed by atoms with van der Waals surface area (Å²) in [4.78, 5) is 21.9. The molecule has 1 amide bonds. The summed E-state index contributed by atoms with van der Waals surface area (Å²) in [6.07, 6.45) is 2.12. The van der Waals surface area contributed by atoms with Crippen LogP contribution in [0.2, 0.25) is 0 Å². The van der Waals surface area contributed by atoms with E-state index in [9.17, 15) is 4.79 Å². The first kappa shape index (κ1) is 27.4. The fraction of sp³-hybridized carbons (Fsp3) is 0.281. The first-order chi connectivity index (χ1) is 19.2. The molecule has 0 radical (unpaired) electrons. The molecule has 1 fully saturated rings. The van der Waals surface area contributed by atoms with Crippen LogP contribution < -0.4 is 15.5 Å².